The van der Waals surface area contributed by atoms with E-state index in [0.29, 0.717) is 37.3 Å². The number of unbranched alkanes of at least 4 members (excludes halogenated alkanes) is 2. The number of aldehydes is 1. The Labute approximate surface area is 145 Å². The number of fused-ring (bicyclic) bond motifs is 1. The number of carbonyl (C=O) groups is 4. The zero-order chi connectivity index (χ0) is 17.8. The van der Waals surface area contributed by atoms with Gasteiger partial charge in [-0.1, -0.05) is 0 Å². The van der Waals surface area contributed by atoms with Gasteiger partial charge < -0.3 is 14.4 Å². The maximum atomic E-state index is 12.6. The minimum Gasteiger partial charge on any atom is -0.494 e. The minimum atomic E-state index is -0.606. The van der Waals surface area contributed by atoms with E-state index in [9.17, 15) is 19.2 Å². The summed E-state index contributed by atoms with van der Waals surface area (Å²) in [4.78, 5) is 47.6. The third-order valence-corrected chi connectivity index (χ3v) is 4.48. The Morgan fingerprint density at radius 2 is 2.08 bits per heavy atom. The summed E-state index contributed by atoms with van der Waals surface area (Å²) < 4.78 is 5.66. The molecule has 1 aromatic carbocycles. The Hall–Kier alpha value is -2.70. The number of ether oxygens (including phenoxy) is 1. The summed E-state index contributed by atoms with van der Waals surface area (Å²) in [7, 11) is 0. The van der Waals surface area contributed by atoms with Gasteiger partial charge in [-0.05, 0) is 43.0 Å². The van der Waals surface area contributed by atoms with E-state index in [-0.39, 0.29) is 18.2 Å². The van der Waals surface area contributed by atoms with Gasteiger partial charge in [0.2, 0.25) is 11.8 Å². The molecule has 1 unspecified atom stereocenters. The van der Waals surface area contributed by atoms with Gasteiger partial charge in [0.1, 0.15) is 18.1 Å². The molecule has 0 bridgehead atoms. The van der Waals surface area contributed by atoms with E-state index < -0.39 is 11.9 Å². The van der Waals surface area contributed by atoms with Crippen molar-refractivity contribution >= 4 is 24.0 Å². The van der Waals surface area contributed by atoms with Crippen LogP contribution in [-0.2, 0) is 20.9 Å². The quantitative estimate of drug-likeness (QED) is 0.456. The summed E-state index contributed by atoms with van der Waals surface area (Å²) in [6.07, 6.45) is 3.59. The summed E-state index contributed by atoms with van der Waals surface area (Å²) in [5.41, 5.74) is 1.39. The van der Waals surface area contributed by atoms with Crippen molar-refractivity contribution in [2.45, 2.75) is 44.7 Å². The highest BCUT2D eigenvalue weighted by atomic mass is 16.5. The van der Waals surface area contributed by atoms with Crippen LogP contribution in [0.2, 0.25) is 0 Å². The molecule has 3 amide bonds. The highest BCUT2D eigenvalue weighted by molar-refractivity contribution is 6.05. The van der Waals surface area contributed by atoms with Crippen LogP contribution in [0, 0.1) is 0 Å². The van der Waals surface area contributed by atoms with E-state index in [1.54, 1.807) is 12.1 Å². The molecule has 1 saturated heterocycles. The van der Waals surface area contributed by atoms with Gasteiger partial charge in [-0.3, -0.25) is 19.7 Å². The number of nitrogens with zero attached hydrogens (tertiary/aromatic N) is 1. The Morgan fingerprint density at radius 1 is 1.24 bits per heavy atom. The molecule has 2 heterocycles. The van der Waals surface area contributed by atoms with Crippen molar-refractivity contribution in [2.24, 2.45) is 0 Å². The van der Waals surface area contributed by atoms with Crippen molar-refractivity contribution in [3.8, 4) is 5.75 Å². The molecule has 2 aliphatic rings. The summed E-state index contributed by atoms with van der Waals surface area (Å²) in [5.74, 6) is -0.232. The normalized spacial score (nSPS) is 19.6. The zero-order valence-corrected chi connectivity index (χ0v) is 13.8. The van der Waals surface area contributed by atoms with Crippen LogP contribution >= 0.6 is 0 Å². The monoisotopic (exact) mass is 344 g/mol. The van der Waals surface area contributed by atoms with Crippen molar-refractivity contribution < 1.29 is 23.9 Å². The predicted octanol–water partition coefficient (Wildman–Crippen LogP) is 1.20. The molecule has 25 heavy (non-hydrogen) atoms. The Kier molecular flexibility index (Phi) is 5.11. The van der Waals surface area contributed by atoms with Gasteiger partial charge in [0.15, 0.2) is 0 Å². The standard InChI is InChI=1S/C18H20N2O5/c21-8-2-1-3-9-25-13-4-5-14-12(10-13)11-20(18(14)24)15-6-7-16(22)19-17(15)23/h4-5,8,10,15H,1-3,6-7,9,11H2,(H,19,22,23). The highest BCUT2D eigenvalue weighted by Crippen LogP contribution is 2.30. The number of amides is 3. The summed E-state index contributed by atoms with van der Waals surface area (Å²) in [6.45, 7) is 0.847. The van der Waals surface area contributed by atoms with E-state index in [0.717, 1.165) is 24.7 Å². The van der Waals surface area contributed by atoms with Gasteiger partial charge in [-0.15, -0.1) is 0 Å². The number of benzene rings is 1. The topological polar surface area (TPSA) is 92.8 Å². The lowest BCUT2D eigenvalue weighted by Crippen LogP contribution is -2.52. The molecule has 3 rings (SSSR count). The zero-order valence-electron chi connectivity index (χ0n) is 13.8. The van der Waals surface area contributed by atoms with Crippen LogP contribution in [0.15, 0.2) is 18.2 Å². The van der Waals surface area contributed by atoms with Crippen LogP contribution in [-0.4, -0.2) is 41.6 Å². The number of carbonyl (C=O) groups excluding carboxylic acids is 4. The van der Waals surface area contributed by atoms with Gasteiger partial charge in [-0.25, -0.2) is 0 Å². The van der Waals surface area contributed by atoms with Gasteiger partial charge in [0.25, 0.3) is 5.91 Å². The van der Waals surface area contributed by atoms with Crippen LogP contribution in [0.3, 0.4) is 0 Å². The second-order valence-electron chi connectivity index (χ2n) is 6.23. The molecule has 1 atom stereocenters. The van der Waals surface area contributed by atoms with Gasteiger partial charge in [0.05, 0.1) is 6.61 Å². The molecule has 0 aliphatic carbocycles. The average Bonchev–Trinajstić information content (AvgIpc) is 2.91. The van der Waals surface area contributed by atoms with E-state index >= 15 is 0 Å². The van der Waals surface area contributed by atoms with Crippen molar-refractivity contribution in [3.05, 3.63) is 29.3 Å². The molecule has 0 aromatic heterocycles. The molecule has 0 radical (unpaired) electrons. The predicted molar refractivity (Wildman–Crippen MR) is 87.9 cm³/mol. The van der Waals surface area contributed by atoms with E-state index in [1.165, 1.54) is 4.90 Å². The molecule has 1 fully saturated rings. The van der Waals surface area contributed by atoms with Crippen molar-refractivity contribution in [3.63, 3.8) is 0 Å². The number of hydrogen-bond acceptors (Lipinski definition) is 5. The molecule has 2 aliphatic heterocycles. The average molecular weight is 344 g/mol. The summed E-state index contributed by atoms with van der Waals surface area (Å²) in [6, 6.07) is 4.67. The third-order valence-electron chi connectivity index (χ3n) is 4.48. The molecule has 132 valence electrons. The molecular weight excluding hydrogens is 324 g/mol. The Morgan fingerprint density at radius 3 is 2.84 bits per heavy atom. The summed E-state index contributed by atoms with van der Waals surface area (Å²) in [5, 5.41) is 2.29. The second kappa shape index (κ2) is 7.46. The second-order valence-corrected chi connectivity index (χ2v) is 6.23. The number of nitrogens with one attached hydrogen (secondary N) is 1. The highest BCUT2D eigenvalue weighted by Gasteiger charge is 2.39. The first-order chi connectivity index (χ1) is 12.1. The largest absolute Gasteiger partial charge is 0.494 e. The van der Waals surface area contributed by atoms with Crippen molar-refractivity contribution in [2.75, 3.05) is 6.61 Å². The molecule has 7 nitrogen and oxygen atoms in total. The lowest BCUT2D eigenvalue weighted by molar-refractivity contribution is -0.136. The molecular formula is C18H20N2O5. The van der Waals surface area contributed by atoms with Gasteiger partial charge in [0, 0.05) is 24.9 Å². The SMILES string of the molecule is O=CCCCCOc1ccc2c(c1)CN(C1CCC(=O)NC1=O)C2=O. The van der Waals surface area contributed by atoms with Crippen LogP contribution < -0.4 is 10.1 Å². The molecule has 0 saturated carbocycles. The van der Waals surface area contributed by atoms with Crippen LogP contribution in [0.25, 0.3) is 0 Å². The first kappa shape index (κ1) is 17.1. The maximum absolute atomic E-state index is 12.6. The number of hydrogen-bond donors (Lipinski definition) is 1. The van der Waals surface area contributed by atoms with Gasteiger partial charge in [-0.2, -0.15) is 0 Å². The fraction of sp³-hybridized carbons (Fsp3) is 0.444. The van der Waals surface area contributed by atoms with E-state index in [4.69, 9.17) is 4.74 Å². The Balaban J connectivity index is 1.64. The molecule has 0 spiro atoms. The fourth-order valence-corrected chi connectivity index (χ4v) is 3.16. The first-order valence-electron chi connectivity index (χ1n) is 8.44. The smallest absolute Gasteiger partial charge is 0.255 e. The number of rotatable bonds is 7. The number of imide groups is 1. The first-order valence-corrected chi connectivity index (χ1v) is 8.44. The molecule has 7 heteroatoms. The van der Waals surface area contributed by atoms with Crippen LogP contribution in [0.4, 0.5) is 0 Å². The summed E-state index contributed by atoms with van der Waals surface area (Å²) >= 11 is 0. The Bertz CT molecular complexity index is 715. The van der Waals surface area contributed by atoms with Crippen molar-refractivity contribution in [1.29, 1.82) is 0 Å². The van der Waals surface area contributed by atoms with Gasteiger partial charge >= 0.3 is 0 Å². The molecule has 1 N–H and O–H groups in total. The van der Waals surface area contributed by atoms with E-state index in [2.05, 4.69) is 5.32 Å². The lowest BCUT2D eigenvalue weighted by atomic mass is 10.0. The lowest BCUT2D eigenvalue weighted by Gasteiger charge is -2.29. The fourth-order valence-electron chi connectivity index (χ4n) is 3.16. The molecule has 1 aromatic rings. The number of piperidine rings is 1. The maximum Gasteiger partial charge on any atom is 0.255 e. The van der Waals surface area contributed by atoms with Crippen molar-refractivity contribution in [1.82, 2.24) is 10.2 Å². The third kappa shape index (κ3) is 3.70. The van der Waals surface area contributed by atoms with Crippen LogP contribution in [0.1, 0.15) is 48.0 Å². The minimum absolute atomic E-state index is 0.193. The van der Waals surface area contributed by atoms with E-state index in [1.807, 2.05) is 6.07 Å². The van der Waals surface area contributed by atoms with Crippen LogP contribution in [0.5, 0.6) is 5.75 Å².